The third-order valence-electron chi connectivity index (χ3n) is 4.29. The molecule has 4 rings (SSSR count). The van der Waals surface area contributed by atoms with E-state index in [2.05, 4.69) is 15.1 Å². The zero-order valence-electron chi connectivity index (χ0n) is 13.2. The largest absolute Gasteiger partial charge is 0.391 e. The number of aliphatic hydroxyl groups is 1. The van der Waals surface area contributed by atoms with Gasteiger partial charge in [-0.2, -0.15) is 0 Å². The van der Waals surface area contributed by atoms with Crippen molar-refractivity contribution in [3.63, 3.8) is 0 Å². The fourth-order valence-corrected chi connectivity index (χ4v) is 3.09. The van der Waals surface area contributed by atoms with Gasteiger partial charge >= 0.3 is 0 Å². The minimum Gasteiger partial charge on any atom is -0.391 e. The SMILES string of the molecule is Cc1cc(C[C@@H]2CN(C(=O)c3cn4cccnc4n3)C[C@@H]2O)on1. The number of aliphatic hydroxyl groups excluding tert-OH is 1. The molecule has 1 amide bonds. The Balaban J connectivity index is 1.49. The van der Waals surface area contributed by atoms with Crippen LogP contribution < -0.4 is 0 Å². The van der Waals surface area contributed by atoms with Crippen LogP contribution in [0.4, 0.5) is 0 Å². The third-order valence-corrected chi connectivity index (χ3v) is 4.29. The standard InChI is InChI=1S/C16H17N5O3/c1-10-5-12(24-19-10)6-11-7-21(9-14(11)22)15(23)13-8-20-4-2-3-17-16(20)18-13/h2-5,8,11,14,22H,6-7,9H2,1H3/t11-,14+/m1/s1. The van der Waals surface area contributed by atoms with Crippen LogP contribution in [-0.2, 0) is 6.42 Å². The summed E-state index contributed by atoms with van der Waals surface area (Å²) in [4.78, 5) is 22.6. The summed E-state index contributed by atoms with van der Waals surface area (Å²) in [5.41, 5.74) is 1.14. The normalized spacial score (nSPS) is 20.8. The summed E-state index contributed by atoms with van der Waals surface area (Å²) >= 11 is 0. The van der Waals surface area contributed by atoms with Crippen molar-refractivity contribution < 1.29 is 14.4 Å². The molecule has 0 aliphatic carbocycles. The van der Waals surface area contributed by atoms with Crippen LogP contribution in [0.1, 0.15) is 21.9 Å². The molecule has 8 heteroatoms. The summed E-state index contributed by atoms with van der Waals surface area (Å²) in [6.45, 7) is 2.60. The second-order valence-electron chi connectivity index (χ2n) is 6.13. The van der Waals surface area contributed by atoms with Gasteiger partial charge in [0.05, 0.1) is 11.8 Å². The Kier molecular flexibility index (Phi) is 3.53. The van der Waals surface area contributed by atoms with Gasteiger partial charge in [0.25, 0.3) is 5.91 Å². The maximum Gasteiger partial charge on any atom is 0.274 e. The first-order valence-electron chi connectivity index (χ1n) is 7.79. The predicted molar refractivity (Wildman–Crippen MR) is 83.3 cm³/mol. The molecule has 1 saturated heterocycles. The van der Waals surface area contributed by atoms with Crippen LogP contribution in [-0.4, -0.2) is 54.6 Å². The number of amides is 1. The predicted octanol–water partition coefficient (Wildman–Crippen LogP) is 0.701. The van der Waals surface area contributed by atoms with Gasteiger partial charge in [0.2, 0.25) is 5.78 Å². The van der Waals surface area contributed by atoms with Crippen molar-refractivity contribution in [2.24, 2.45) is 5.92 Å². The Morgan fingerprint density at radius 2 is 2.33 bits per heavy atom. The van der Waals surface area contributed by atoms with Gasteiger partial charge in [-0.3, -0.25) is 9.20 Å². The van der Waals surface area contributed by atoms with Gasteiger partial charge in [-0.05, 0) is 13.0 Å². The van der Waals surface area contributed by atoms with E-state index in [1.54, 1.807) is 34.0 Å². The lowest BCUT2D eigenvalue weighted by Crippen LogP contribution is -2.29. The summed E-state index contributed by atoms with van der Waals surface area (Å²) < 4.78 is 6.91. The fraction of sp³-hybridized carbons (Fsp3) is 0.375. The van der Waals surface area contributed by atoms with Crippen molar-refractivity contribution in [1.82, 2.24) is 24.4 Å². The van der Waals surface area contributed by atoms with Crippen molar-refractivity contribution in [1.29, 1.82) is 0 Å². The smallest absolute Gasteiger partial charge is 0.274 e. The number of likely N-dealkylation sites (tertiary alicyclic amines) is 1. The van der Waals surface area contributed by atoms with Gasteiger partial charge in [0, 0.05) is 50.1 Å². The Morgan fingerprint density at radius 1 is 1.46 bits per heavy atom. The molecule has 0 spiro atoms. The fourth-order valence-electron chi connectivity index (χ4n) is 3.09. The monoisotopic (exact) mass is 327 g/mol. The Hall–Kier alpha value is -2.74. The van der Waals surface area contributed by atoms with Crippen LogP contribution in [0.3, 0.4) is 0 Å². The summed E-state index contributed by atoms with van der Waals surface area (Å²) in [6.07, 6.45) is 5.04. The van der Waals surface area contributed by atoms with Crippen LogP contribution in [0.15, 0.2) is 35.2 Å². The van der Waals surface area contributed by atoms with Crippen molar-refractivity contribution in [2.75, 3.05) is 13.1 Å². The van der Waals surface area contributed by atoms with E-state index >= 15 is 0 Å². The van der Waals surface area contributed by atoms with Gasteiger partial charge in [0.15, 0.2) is 0 Å². The van der Waals surface area contributed by atoms with Gasteiger partial charge in [-0.15, -0.1) is 0 Å². The molecule has 4 heterocycles. The topological polar surface area (TPSA) is 96.8 Å². The molecule has 0 unspecified atom stereocenters. The number of hydrogen-bond acceptors (Lipinski definition) is 6. The number of hydrogen-bond donors (Lipinski definition) is 1. The molecule has 0 radical (unpaired) electrons. The number of imidazole rings is 1. The van der Waals surface area contributed by atoms with E-state index in [0.29, 0.717) is 24.4 Å². The zero-order chi connectivity index (χ0) is 16.7. The van der Waals surface area contributed by atoms with Crippen molar-refractivity contribution in [3.8, 4) is 0 Å². The molecule has 24 heavy (non-hydrogen) atoms. The molecule has 1 aliphatic heterocycles. The van der Waals surface area contributed by atoms with Crippen LogP contribution >= 0.6 is 0 Å². The molecular weight excluding hydrogens is 310 g/mol. The lowest BCUT2D eigenvalue weighted by Gasteiger charge is -2.14. The Bertz CT molecular complexity index is 854. The third kappa shape index (κ3) is 2.65. The molecule has 124 valence electrons. The molecule has 0 aromatic carbocycles. The highest BCUT2D eigenvalue weighted by atomic mass is 16.5. The number of carbonyl (C=O) groups excluding carboxylic acids is 1. The van der Waals surface area contributed by atoms with Crippen molar-refractivity contribution in [3.05, 3.63) is 47.9 Å². The minimum atomic E-state index is -0.588. The lowest BCUT2D eigenvalue weighted by molar-refractivity contribution is 0.0759. The molecule has 1 aliphatic rings. The quantitative estimate of drug-likeness (QED) is 0.761. The molecule has 8 nitrogen and oxygen atoms in total. The molecule has 0 saturated carbocycles. The summed E-state index contributed by atoms with van der Waals surface area (Å²) in [7, 11) is 0. The highest BCUT2D eigenvalue weighted by molar-refractivity contribution is 5.93. The molecular formula is C16H17N5O3. The van der Waals surface area contributed by atoms with E-state index in [0.717, 1.165) is 11.5 Å². The zero-order valence-corrected chi connectivity index (χ0v) is 13.2. The molecule has 1 fully saturated rings. The first-order valence-corrected chi connectivity index (χ1v) is 7.79. The second kappa shape index (κ2) is 5.72. The number of carbonyl (C=O) groups is 1. The number of nitrogens with zero attached hydrogens (tertiary/aromatic N) is 5. The highest BCUT2D eigenvalue weighted by Crippen LogP contribution is 2.23. The average Bonchev–Trinajstić information content (AvgIpc) is 3.26. The Morgan fingerprint density at radius 3 is 3.08 bits per heavy atom. The van der Waals surface area contributed by atoms with Crippen molar-refractivity contribution in [2.45, 2.75) is 19.4 Å². The second-order valence-corrected chi connectivity index (χ2v) is 6.13. The number of β-amino-alcohol motifs (C(OH)–C–C–N with tert-alkyl or cyclic N) is 1. The van der Waals surface area contributed by atoms with Gasteiger partial charge < -0.3 is 14.5 Å². The van der Waals surface area contributed by atoms with Crippen LogP contribution in [0, 0.1) is 12.8 Å². The van der Waals surface area contributed by atoms with E-state index in [-0.39, 0.29) is 18.4 Å². The van der Waals surface area contributed by atoms with E-state index in [1.807, 2.05) is 13.0 Å². The summed E-state index contributed by atoms with van der Waals surface area (Å²) in [5, 5.41) is 14.1. The van der Waals surface area contributed by atoms with Crippen LogP contribution in [0.25, 0.3) is 5.78 Å². The summed E-state index contributed by atoms with van der Waals surface area (Å²) in [6, 6.07) is 3.63. The van der Waals surface area contributed by atoms with Crippen LogP contribution in [0.2, 0.25) is 0 Å². The average molecular weight is 327 g/mol. The minimum absolute atomic E-state index is 0.0727. The van der Waals surface area contributed by atoms with E-state index < -0.39 is 6.10 Å². The maximum atomic E-state index is 12.6. The first kappa shape index (κ1) is 14.8. The Labute approximate surface area is 137 Å². The number of aromatic nitrogens is 4. The van der Waals surface area contributed by atoms with E-state index in [4.69, 9.17) is 4.52 Å². The molecule has 3 aromatic rings. The summed E-state index contributed by atoms with van der Waals surface area (Å²) in [5.74, 6) is 0.935. The first-order chi connectivity index (χ1) is 11.6. The number of rotatable bonds is 3. The lowest BCUT2D eigenvalue weighted by atomic mass is 10.0. The molecule has 3 aromatic heterocycles. The van der Waals surface area contributed by atoms with E-state index in [1.165, 1.54) is 0 Å². The number of aryl methyl sites for hydroxylation is 1. The van der Waals surface area contributed by atoms with Gasteiger partial charge in [0.1, 0.15) is 11.5 Å². The highest BCUT2D eigenvalue weighted by Gasteiger charge is 2.35. The van der Waals surface area contributed by atoms with Crippen LogP contribution in [0.5, 0.6) is 0 Å². The molecule has 1 N–H and O–H groups in total. The van der Waals surface area contributed by atoms with Gasteiger partial charge in [-0.25, -0.2) is 9.97 Å². The number of fused-ring (bicyclic) bond motifs is 1. The molecule has 0 bridgehead atoms. The molecule has 2 atom stereocenters. The van der Waals surface area contributed by atoms with E-state index in [9.17, 15) is 9.90 Å². The van der Waals surface area contributed by atoms with Gasteiger partial charge in [-0.1, -0.05) is 5.16 Å². The van der Waals surface area contributed by atoms with Crippen molar-refractivity contribution >= 4 is 11.7 Å². The maximum absolute atomic E-state index is 12.6.